The lowest BCUT2D eigenvalue weighted by molar-refractivity contribution is 1.14. The molecule has 16 rings (SSSR count). The number of thiophene rings is 2. The van der Waals surface area contributed by atoms with E-state index in [1.807, 2.05) is 78.9 Å². The van der Waals surface area contributed by atoms with Crippen LogP contribution in [0.2, 0.25) is 0 Å². The van der Waals surface area contributed by atoms with Crippen LogP contribution in [0.4, 0.5) is 5.69 Å². The molecule has 0 radical (unpaired) electrons. The molecule has 0 aliphatic carbocycles. The summed E-state index contributed by atoms with van der Waals surface area (Å²) in [5.41, 5.74) is 13.0. The van der Waals surface area contributed by atoms with E-state index in [1.54, 1.807) is 11.3 Å². The number of fused-ring (bicyclic) bond motifs is 14. The molecular weight excluding hydrogens is 1010 g/mol. The van der Waals surface area contributed by atoms with Gasteiger partial charge in [-0.05, 0) is 74.8 Å². The highest BCUT2D eigenvalue weighted by Gasteiger charge is 2.33. The fourth-order valence-electron chi connectivity index (χ4n) is 12.4. The Balaban J connectivity index is 1.15. The maximum atomic E-state index is 12.4. The van der Waals surface area contributed by atoms with Crippen molar-refractivity contribution in [1.82, 2.24) is 9.13 Å². The maximum absolute atomic E-state index is 12.4. The molecule has 6 heteroatoms. The van der Waals surface area contributed by atoms with Crippen molar-refractivity contribution in [1.29, 1.82) is 5.26 Å². The maximum Gasteiger partial charge on any atom is 0.220 e. The summed E-state index contributed by atoms with van der Waals surface area (Å²) in [6.07, 6.45) is 0. The zero-order valence-electron chi connectivity index (χ0n) is 47.5. The molecule has 0 aliphatic heterocycles. The molecule has 4 aromatic heterocycles. The van der Waals surface area contributed by atoms with Crippen molar-refractivity contribution in [3.8, 4) is 73.1 Å². The summed E-state index contributed by atoms with van der Waals surface area (Å²) in [4.78, 5) is 4.62. The number of nitriles is 1. The second-order valence-electron chi connectivity index (χ2n) is 20.1. The minimum absolute atomic E-state index is 0.134. The molecule has 4 nitrogen and oxygen atoms in total. The molecule has 0 aliphatic rings. The summed E-state index contributed by atoms with van der Waals surface area (Å²) in [6, 6.07) is 78.0. The third-order valence-electron chi connectivity index (χ3n) is 15.9. The number of hydrogen-bond donors (Lipinski definition) is 0. The standard InChI is InChI=1S/C74H42N4S2/c1-76-67-65(48-26-13-5-14-27-48)61(44-75)68(66(49-28-15-6-16-29-49)71(67)77-62-40-34-50(45-20-7-2-8-21-45)42-59(62)60-43-51(35-41-63(60)77)46-22-9-3-10-23-46)78-69-54(36-38-57-53-30-17-18-33-64(53)79-73(57)69)55-37-39-58-56-32-19-31-52(47-24-11-4-12-25-47)72(56)80-74(58)70(55)78/h2-43H/i4D,11D,12D,24D,25D. The Bertz CT molecular complexity index is 5490. The first-order valence-electron chi connectivity index (χ1n) is 28.8. The summed E-state index contributed by atoms with van der Waals surface area (Å²) < 4.78 is 52.7. The lowest BCUT2D eigenvalue weighted by atomic mass is 9.88. The Hall–Kier alpha value is -10.3. The second-order valence-corrected chi connectivity index (χ2v) is 22.1. The van der Waals surface area contributed by atoms with E-state index < -0.39 is 18.1 Å². The highest BCUT2D eigenvalue weighted by molar-refractivity contribution is 7.27. The molecule has 0 spiro atoms. The van der Waals surface area contributed by atoms with Crippen LogP contribution < -0.4 is 0 Å². The third-order valence-corrected chi connectivity index (χ3v) is 18.3. The number of hydrogen-bond acceptors (Lipinski definition) is 3. The molecule has 80 heavy (non-hydrogen) atoms. The molecule has 16 aromatic rings. The number of nitrogens with zero attached hydrogens (tertiary/aromatic N) is 4. The summed E-state index contributed by atoms with van der Waals surface area (Å²) in [6.45, 7) is 9.56. The Morgan fingerprint density at radius 1 is 0.400 bits per heavy atom. The molecule has 370 valence electrons. The molecule has 0 fully saturated rings. The van der Waals surface area contributed by atoms with Crippen LogP contribution in [0, 0.1) is 17.9 Å². The molecule has 0 N–H and O–H groups in total. The van der Waals surface area contributed by atoms with Gasteiger partial charge >= 0.3 is 0 Å². The molecule has 12 aromatic carbocycles. The van der Waals surface area contributed by atoms with Crippen molar-refractivity contribution in [2.45, 2.75) is 0 Å². The van der Waals surface area contributed by atoms with E-state index >= 15 is 0 Å². The van der Waals surface area contributed by atoms with Crippen molar-refractivity contribution in [2.75, 3.05) is 0 Å². The van der Waals surface area contributed by atoms with Gasteiger partial charge in [-0.15, -0.1) is 22.7 Å². The molecule has 0 unspecified atom stereocenters. The fourth-order valence-corrected chi connectivity index (χ4v) is 15.0. The molecule has 0 atom stereocenters. The molecule has 0 saturated heterocycles. The largest absolute Gasteiger partial charge is 0.318 e. The van der Waals surface area contributed by atoms with Gasteiger partial charge in [0, 0.05) is 63.6 Å². The van der Waals surface area contributed by atoms with Gasteiger partial charge < -0.3 is 9.13 Å². The fraction of sp³-hybridized carbons (Fsp3) is 0. The Kier molecular flexibility index (Phi) is 9.26. The first-order valence-corrected chi connectivity index (χ1v) is 28.0. The Labute approximate surface area is 475 Å². The van der Waals surface area contributed by atoms with E-state index in [0.717, 1.165) is 112 Å². The average molecular weight is 1060 g/mol. The van der Waals surface area contributed by atoms with Gasteiger partial charge in [0.05, 0.1) is 61.8 Å². The first-order chi connectivity index (χ1) is 41.7. The van der Waals surface area contributed by atoms with Crippen LogP contribution in [0.25, 0.3) is 156 Å². The van der Waals surface area contributed by atoms with Gasteiger partial charge in [-0.1, -0.05) is 224 Å². The monoisotopic (exact) mass is 1060 g/mol. The smallest absolute Gasteiger partial charge is 0.220 e. The molecule has 0 amide bonds. The van der Waals surface area contributed by atoms with E-state index in [0.29, 0.717) is 44.9 Å². The molecule has 4 heterocycles. The molecular formula is C74H42N4S2. The van der Waals surface area contributed by atoms with Crippen molar-refractivity contribution in [3.63, 3.8) is 0 Å². The highest BCUT2D eigenvalue weighted by Crippen LogP contribution is 2.55. The van der Waals surface area contributed by atoms with Crippen LogP contribution in [-0.4, -0.2) is 9.13 Å². The van der Waals surface area contributed by atoms with Crippen LogP contribution in [0.1, 0.15) is 12.4 Å². The Morgan fingerprint density at radius 2 is 0.900 bits per heavy atom. The first kappa shape index (κ1) is 40.9. The van der Waals surface area contributed by atoms with Crippen molar-refractivity contribution >= 4 is 112 Å². The quantitative estimate of drug-likeness (QED) is 0.147. The van der Waals surface area contributed by atoms with E-state index in [4.69, 9.17) is 4.11 Å². The van der Waals surface area contributed by atoms with Crippen LogP contribution in [0.5, 0.6) is 0 Å². The minimum atomic E-state index is -0.447. The minimum Gasteiger partial charge on any atom is -0.318 e. The van der Waals surface area contributed by atoms with Gasteiger partial charge in [-0.2, -0.15) is 5.26 Å². The van der Waals surface area contributed by atoms with Gasteiger partial charge in [0.15, 0.2) is 0 Å². The highest BCUT2D eigenvalue weighted by atomic mass is 32.1. The number of rotatable bonds is 7. The summed E-state index contributed by atoms with van der Waals surface area (Å²) >= 11 is 3.23. The summed E-state index contributed by atoms with van der Waals surface area (Å²) in [5, 5.41) is 20.3. The van der Waals surface area contributed by atoms with Gasteiger partial charge in [-0.25, -0.2) is 4.85 Å². The van der Waals surface area contributed by atoms with E-state index in [-0.39, 0.29) is 17.6 Å². The third kappa shape index (κ3) is 6.77. The molecule has 0 saturated carbocycles. The van der Waals surface area contributed by atoms with Crippen molar-refractivity contribution in [3.05, 3.63) is 272 Å². The van der Waals surface area contributed by atoms with Crippen molar-refractivity contribution < 1.29 is 6.85 Å². The topological polar surface area (TPSA) is 38.0 Å². The zero-order chi connectivity index (χ0) is 57.4. The van der Waals surface area contributed by atoms with Crippen molar-refractivity contribution in [2.24, 2.45) is 0 Å². The van der Waals surface area contributed by atoms with Gasteiger partial charge in [-0.3, -0.25) is 0 Å². The van der Waals surface area contributed by atoms with Crippen LogP contribution >= 0.6 is 22.7 Å². The second kappa shape index (κ2) is 18.1. The van der Waals surface area contributed by atoms with Crippen LogP contribution in [-0.2, 0) is 0 Å². The number of benzene rings is 12. The molecule has 0 bridgehead atoms. The predicted octanol–water partition coefficient (Wildman–Crippen LogP) is 21.4. The lowest BCUT2D eigenvalue weighted by Crippen LogP contribution is -2.09. The predicted molar refractivity (Wildman–Crippen MR) is 339 cm³/mol. The van der Waals surface area contributed by atoms with E-state index in [9.17, 15) is 14.6 Å². The van der Waals surface area contributed by atoms with E-state index in [1.165, 1.54) is 11.3 Å². The van der Waals surface area contributed by atoms with Crippen LogP contribution in [0.3, 0.4) is 0 Å². The van der Waals surface area contributed by atoms with Gasteiger partial charge in [0.25, 0.3) is 0 Å². The lowest BCUT2D eigenvalue weighted by Gasteiger charge is -2.26. The van der Waals surface area contributed by atoms with E-state index in [2.05, 4.69) is 166 Å². The zero-order valence-corrected chi connectivity index (χ0v) is 44.1. The van der Waals surface area contributed by atoms with Crippen LogP contribution in [0.15, 0.2) is 255 Å². The summed E-state index contributed by atoms with van der Waals surface area (Å²) in [7, 11) is 0. The summed E-state index contributed by atoms with van der Waals surface area (Å²) in [5.74, 6) is 0. The average Bonchev–Trinajstić information content (AvgIpc) is 1.64. The SMILES string of the molecule is [2H]c1c([2H])c([2H])c(-c2cccc3c2sc2c3ccc3c4ccc5c6ccccc6sc5c4n(-c4c(C#N)c(-c5ccccc5)c([N+]#[C-])c(-n5c6ccc(-c7ccccc7)cc6c6cc(-c7ccccc7)ccc65)c4-c4ccccc4)c32)c([2H])c1[2H]. The normalized spacial score (nSPS) is 12.6. The Morgan fingerprint density at radius 3 is 1.49 bits per heavy atom. The number of aromatic nitrogens is 2. The van der Waals surface area contributed by atoms with Gasteiger partial charge in [0.1, 0.15) is 6.07 Å². The van der Waals surface area contributed by atoms with Gasteiger partial charge in [0.2, 0.25) is 5.69 Å².